The van der Waals surface area contributed by atoms with Crippen LogP contribution in [0.2, 0.25) is 0 Å². The van der Waals surface area contributed by atoms with Gasteiger partial charge in [0.05, 0.1) is 0 Å². The summed E-state index contributed by atoms with van der Waals surface area (Å²) in [5.74, 6) is 0.123. The van der Waals surface area contributed by atoms with Gasteiger partial charge in [-0.1, -0.05) is 0 Å². The minimum absolute atomic E-state index is 0.0698. The minimum Gasteiger partial charge on any atom is -0.353 e. The maximum absolute atomic E-state index is 11.8. The van der Waals surface area contributed by atoms with Crippen molar-refractivity contribution in [2.45, 2.75) is 59.0 Å². The van der Waals surface area contributed by atoms with Crippen LogP contribution in [0.3, 0.4) is 0 Å². The third-order valence-corrected chi connectivity index (χ3v) is 3.74. The lowest BCUT2D eigenvalue weighted by atomic mass is 10.1. The van der Waals surface area contributed by atoms with Crippen molar-refractivity contribution in [3.05, 3.63) is 21.9 Å². The molecule has 0 bridgehead atoms. The highest BCUT2D eigenvalue weighted by Gasteiger charge is 2.12. The van der Waals surface area contributed by atoms with Crippen LogP contribution >= 0.6 is 11.3 Å². The van der Waals surface area contributed by atoms with Crippen molar-refractivity contribution in [2.24, 2.45) is 0 Å². The zero-order valence-corrected chi connectivity index (χ0v) is 13.5. The maximum Gasteiger partial charge on any atom is 0.221 e. The Hall–Kier alpha value is -0.870. The van der Waals surface area contributed by atoms with Gasteiger partial charge in [-0.15, -0.1) is 11.3 Å². The van der Waals surface area contributed by atoms with Gasteiger partial charge in [-0.3, -0.25) is 4.79 Å². The van der Waals surface area contributed by atoms with Gasteiger partial charge in [0, 0.05) is 40.7 Å². The summed E-state index contributed by atoms with van der Waals surface area (Å²) in [5.41, 5.74) is 0.0698. The molecule has 1 aromatic rings. The first kappa shape index (κ1) is 16.2. The Bertz CT molecular complexity index is 407. The summed E-state index contributed by atoms with van der Waals surface area (Å²) < 4.78 is 0. The summed E-state index contributed by atoms with van der Waals surface area (Å²) in [6, 6.07) is 4.46. The molecule has 1 amide bonds. The molecule has 0 saturated heterocycles. The molecule has 1 atom stereocenters. The number of carbonyl (C=O) groups excluding carboxylic acids is 1. The molecule has 0 aliphatic heterocycles. The van der Waals surface area contributed by atoms with Crippen LogP contribution in [-0.4, -0.2) is 24.0 Å². The van der Waals surface area contributed by atoms with E-state index in [1.165, 1.54) is 9.75 Å². The number of carbonyl (C=O) groups is 1. The molecule has 2 N–H and O–H groups in total. The Morgan fingerprint density at radius 2 is 2.05 bits per heavy atom. The highest BCUT2D eigenvalue weighted by Crippen LogP contribution is 2.16. The summed E-state index contributed by atoms with van der Waals surface area (Å²) >= 11 is 1.80. The Balaban J connectivity index is 2.24. The van der Waals surface area contributed by atoms with E-state index in [9.17, 15) is 4.79 Å². The van der Waals surface area contributed by atoms with Crippen LogP contribution in [0, 0.1) is 6.92 Å². The van der Waals surface area contributed by atoms with E-state index in [1.807, 2.05) is 0 Å². The number of hydrogen-bond donors (Lipinski definition) is 2. The van der Waals surface area contributed by atoms with Gasteiger partial charge in [0.2, 0.25) is 5.91 Å². The third-order valence-electron chi connectivity index (χ3n) is 2.72. The molecule has 108 valence electrons. The van der Waals surface area contributed by atoms with Crippen molar-refractivity contribution in [3.8, 4) is 0 Å². The monoisotopic (exact) mass is 282 g/mol. The fourth-order valence-corrected chi connectivity index (χ4v) is 2.86. The minimum atomic E-state index is 0.0698. The standard InChI is InChI=1S/C15H26N2OS/c1-11(10-13-7-6-12(2)19-13)17-14(18)8-9-16-15(3,4)5/h6-7,11,16H,8-10H2,1-5H3,(H,17,18). The van der Waals surface area contributed by atoms with Gasteiger partial charge in [-0.25, -0.2) is 0 Å². The van der Waals surface area contributed by atoms with Crippen LogP contribution < -0.4 is 10.6 Å². The summed E-state index contributed by atoms with van der Waals surface area (Å²) in [4.78, 5) is 14.4. The van der Waals surface area contributed by atoms with Gasteiger partial charge in [-0.05, 0) is 46.8 Å². The first-order valence-corrected chi connectivity index (χ1v) is 7.67. The molecule has 0 aliphatic carbocycles. The quantitative estimate of drug-likeness (QED) is 0.842. The molecule has 0 aliphatic rings. The molecule has 0 saturated carbocycles. The molecule has 1 aromatic heterocycles. The van der Waals surface area contributed by atoms with Gasteiger partial charge in [0.25, 0.3) is 0 Å². The van der Waals surface area contributed by atoms with E-state index in [2.05, 4.69) is 57.4 Å². The number of amides is 1. The zero-order valence-electron chi connectivity index (χ0n) is 12.7. The van der Waals surface area contributed by atoms with Crippen LogP contribution in [0.15, 0.2) is 12.1 Å². The van der Waals surface area contributed by atoms with Gasteiger partial charge in [0.15, 0.2) is 0 Å². The molecule has 0 fully saturated rings. The topological polar surface area (TPSA) is 41.1 Å². The molecular formula is C15H26N2OS. The van der Waals surface area contributed by atoms with Crippen LogP contribution in [-0.2, 0) is 11.2 Å². The fraction of sp³-hybridized carbons (Fsp3) is 0.667. The average Bonchev–Trinajstić information content (AvgIpc) is 2.61. The van der Waals surface area contributed by atoms with Crippen LogP contribution in [0.5, 0.6) is 0 Å². The van der Waals surface area contributed by atoms with Crippen molar-refractivity contribution >= 4 is 17.2 Å². The van der Waals surface area contributed by atoms with Crippen LogP contribution in [0.1, 0.15) is 43.9 Å². The molecule has 1 rings (SSSR count). The maximum atomic E-state index is 11.8. The van der Waals surface area contributed by atoms with E-state index in [0.717, 1.165) is 13.0 Å². The SMILES string of the molecule is Cc1ccc(CC(C)NC(=O)CCNC(C)(C)C)s1. The largest absolute Gasteiger partial charge is 0.353 e. The third kappa shape index (κ3) is 7.33. The second kappa shape index (κ2) is 7.06. The van der Waals surface area contributed by atoms with Crippen molar-refractivity contribution in [1.82, 2.24) is 10.6 Å². The summed E-state index contributed by atoms with van der Waals surface area (Å²) in [5, 5.41) is 6.37. The van der Waals surface area contributed by atoms with Crippen molar-refractivity contribution in [3.63, 3.8) is 0 Å². The molecule has 1 unspecified atom stereocenters. The van der Waals surface area contributed by atoms with Crippen molar-refractivity contribution < 1.29 is 4.79 Å². The highest BCUT2D eigenvalue weighted by molar-refractivity contribution is 7.11. The smallest absolute Gasteiger partial charge is 0.221 e. The fourth-order valence-electron chi connectivity index (χ4n) is 1.85. The molecule has 0 spiro atoms. The van der Waals surface area contributed by atoms with E-state index in [-0.39, 0.29) is 17.5 Å². The Kier molecular flexibility index (Phi) is 6.01. The number of thiophene rings is 1. The average molecular weight is 282 g/mol. The molecule has 19 heavy (non-hydrogen) atoms. The summed E-state index contributed by atoms with van der Waals surface area (Å²) in [7, 11) is 0. The van der Waals surface area contributed by atoms with Crippen LogP contribution in [0.4, 0.5) is 0 Å². The lowest BCUT2D eigenvalue weighted by Gasteiger charge is -2.20. The summed E-state index contributed by atoms with van der Waals surface area (Å²) in [6.07, 6.45) is 1.45. The van der Waals surface area contributed by atoms with E-state index >= 15 is 0 Å². The van der Waals surface area contributed by atoms with Gasteiger partial charge >= 0.3 is 0 Å². The van der Waals surface area contributed by atoms with Gasteiger partial charge < -0.3 is 10.6 Å². The van der Waals surface area contributed by atoms with Crippen LogP contribution in [0.25, 0.3) is 0 Å². The summed E-state index contributed by atoms with van der Waals surface area (Å²) in [6.45, 7) is 11.2. The highest BCUT2D eigenvalue weighted by atomic mass is 32.1. The molecule has 0 radical (unpaired) electrons. The van der Waals surface area contributed by atoms with E-state index in [1.54, 1.807) is 11.3 Å². The predicted molar refractivity (Wildman–Crippen MR) is 82.7 cm³/mol. The number of aryl methyl sites for hydroxylation is 1. The first-order valence-electron chi connectivity index (χ1n) is 6.86. The second-order valence-electron chi connectivity index (χ2n) is 6.11. The number of hydrogen-bond acceptors (Lipinski definition) is 3. The Labute approximate surface area is 120 Å². The molecule has 1 heterocycles. The molecule has 0 aromatic carbocycles. The lowest BCUT2D eigenvalue weighted by Crippen LogP contribution is -2.40. The van der Waals surface area contributed by atoms with Gasteiger partial charge in [0.1, 0.15) is 0 Å². The molecule has 3 nitrogen and oxygen atoms in total. The Morgan fingerprint density at radius 3 is 2.58 bits per heavy atom. The van der Waals surface area contributed by atoms with E-state index in [4.69, 9.17) is 0 Å². The predicted octanol–water partition coefficient (Wildman–Crippen LogP) is 2.88. The molecular weight excluding hydrogens is 256 g/mol. The first-order chi connectivity index (χ1) is 8.76. The van der Waals surface area contributed by atoms with Gasteiger partial charge in [-0.2, -0.15) is 0 Å². The Morgan fingerprint density at radius 1 is 1.37 bits per heavy atom. The van der Waals surface area contributed by atoms with E-state index < -0.39 is 0 Å². The second-order valence-corrected chi connectivity index (χ2v) is 7.48. The zero-order chi connectivity index (χ0) is 14.5. The normalized spacial score (nSPS) is 13.3. The van der Waals surface area contributed by atoms with Crippen molar-refractivity contribution in [1.29, 1.82) is 0 Å². The molecule has 4 heteroatoms. The van der Waals surface area contributed by atoms with Crippen molar-refractivity contribution in [2.75, 3.05) is 6.54 Å². The number of rotatable bonds is 6. The van der Waals surface area contributed by atoms with E-state index in [0.29, 0.717) is 6.42 Å². The lowest BCUT2D eigenvalue weighted by molar-refractivity contribution is -0.121. The number of nitrogens with one attached hydrogen (secondary N) is 2.